The summed E-state index contributed by atoms with van der Waals surface area (Å²) in [7, 11) is -4.02. The van der Waals surface area contributed by atoms with E-state index < -0.39 is 10.1 Å². The number of benzene rings is 1. The van der Waals surface area contributed by atoms with Crippen LogP contribution in [0.4, 0.5) is 0 Å². The number of rotatable bonds is 1. The summed E-state index contributed by atoms with van der Waals surface area (Å²) in [5.41, 5.74) is 0.956. The van der Waals surface area contributed by atoms with Gasteiger partial charge in [0.15, 0.2) is 0 Å². The first-order valence-corrected chi connectivity index (χ1v) is 4.48. The molecule has 0 spiro atoms. The molecular weight excluding hydrogens is 270 g/mol. The summed E-state index contributed by atoms with van der Waals surface area (Å²) in [6, 6.07) is 5.99. The fraction of sp³-hybridized carbons (Fsp3) is 0.143. The van der Waals surface area contributed by atoms with Gasteiger partial charge in [-0.3, -0.25) is 4.55 Å². The van der Waals surface area contributed by atoms with Crippen LogP contribution in [0.5, 0.6) is 0 Å². The summed E-state index contributed by atoms with van der Waals surface area (Å²) in [5, 5.41) is 0. The van der Waals surface area contributed by atoms with Crippen molar-refractivity contribution < 1.29 is 13.0 Å². The van der Waals surface area contributed by atoms with Gasteiger partial charge in [-0.2, -0.15) is 8.42 Å². The predicted molar refractivity (Wildman–Crippen MR) is 62.7 cm³/mol. The first-order chi connectivity index (χ1) is 5.00. The molecule has 84 valence electrons. The Morgan fingerprint density at radius 3 is 1.64 bits per heavy atom. The third-order valence-corrected chi connectivity index (χ3v) is 2.19. The van der Waals surface area contributed by atoms with Gasteiger partial charge in [0.25, 0.3) is 10.1 Å². The average molecular weight is 282 g/mol. The van der Waals surface area contributed by atoms with E-state index in [9.17, 15) is 8.42 Å². The zero-order valence-corrected chi connectivity index (χ0v) is 10.5. The van der Waals surface area contributed by atoms with E-state index in [2.05, 4.69) is 0 Å². The van der Waals surface area contributed by atoms with Gasteiger partial charge in [-0.15, -0.1) is 37.2 Å². The Hall–Kier alpha value is -0.000000000000000111. The van der Waals surface area contributed by atoms with Crippen molar-refractivity contribution in [1.29, 1.82) is 0 Å². The fourth-order valence-electron chi connectivity index (χ4n) is 0.710. The topological polar surface area (TPSA) is 54.4 Å². The van der Waals surface area contributed by atoms with Crippen molar-refractivity contribution in [2.24, 2.45) is 0 Å². The normalized spacial score (nSPS) is 9.00. The van der Waals surface area contributed by atoms with Crippen molar-refractivity contribution in [3.8, 4) is 0 Å². The van der Waals surface area contributed by atoms with Crippen LogP contribution < -0.4 is 0 Å². The second-order valence-electron chi connectivity index (χ2n) is 2.29. The van der Waals surface area contributed by atoms with Crippen LogP contribution in [-0.4, -0.2) is 13.0 Å². The Kier molecular flexibility index (Phi) is 10.2. The lowest BCUT2D eigenvalue weighted by Gasteiger charge is -1.95. The third-order valence-electron chi connectivity index (χ3n) is 1.32. The highest BCUT2D eigenvalue weighted by Crippen LogP contribution is 2.08. The zero-order chi connectivity index (χ0) is 8.48. The molecule has 0 aliphatic rings. The quantitative estimate of drug-likeness (QED) is 0.805. The minimum Gasteiger partial charge on any atom is -0.282 e. The first kappa shape index (κ1) is 19.6. The van der Waals surface area contributed by atoms with Gasteiger partial charge >= 0.3 is 0 Å². The van der Waals surface area contributed by atoms with E-state index >= 15 is 0 Å². The summed E-state index contributed by atoms with van der Waals surface area (Å²) >= 11 is 0. The number of halogens is 3. The molecule has 1 aromatic rings. The minimum absolute atomic E-state index is 0. The van der Waals surface area contributed by atoms with Crippen LogP contribution in [0.2, 0.25) is 0 Å². The number of hydrogen-bond acceptors (Lipinski definition) is 2. The molecule has 0 saturated carbocycles. The van der Waals surface area contributed by atoms with Gasteiger partial charge in [-0.05, 0) is 19.1 Å². The van der Waals surface area contributed by atoms with Gasteiger partial charge in [0, 0.05) is 0 Å². The molecule has 0 saturated heterocycles. The van der Waals surface area contributed by atoms with Crippen LogP contribution in [0, 0.1) is 6.92 Å². The monoisotopic (exact) mass is 280 g/mol. The molecule has 0 amide bonds. The van der Waals surface area contributed by atoms with E-state index in [1.54, 1.807) is 12.1 Å². The predicted octanol–water partition coefficient (Wildman–Crippen LogP) is 2.51. The molecule has 1 aromatic carbocycles. The van der Waals surface area contributed by atoms with Crippen molar-refractivity contribution in [2.45, 2.75) is 11.8 Å². The van der Waals surface area contributed by atoms with Gasteiger partial charge in [-0.1, -0.05) is 17.7 Å². The van der Waals surface area contributed by atoms with Gasteiger partial charge in [0.2, 0.25) is 0 Å². The van der Waals surface area contributed by atoms with E-state index in [-0.39, 0.29) is 42.1 Å². The Bertz CT molecular complexity index is 347. The Balaban J connectivity index is -0.000000403. The molecule has 7 heteroatoms. The van der Waals surface area contributed by atoms with Gasteiger partial charge in [-0.25, -0.2) is 0 Å². The molecule has 1 rings (SSSR count). The Morgan fingerprint density at radius 1 is 1.00 bits per heavy atom. The fourth-order valence-corrected chi connectivity index (χ4v) is 1.19. The third kappa shape index (κ3) is 5.67. The highest BCUT2D eigenvalue weighted by atomic mass is 35.5. The van der Waals surface area contributed by atoms with E-state index in [1.807, 2.05) is 6.92 Å². The standard InChI is InChI=1S/C7H8O3S.3ClH/c1-6-2-4-7(5-3-6)11(8,9)10;;;/h2-5H,1H3,(H,8,9,10);3*1H. The minimum atomic E-state index is -4.02. The Morgan fingerprint density at radius 2 is 1.36 bits per heavy atom. The molecule has 0 atom stereocenters. The lowest BCUT2D eigenvalue weighted by molar-refractivity contribution is 0.483. The molecule has 14 heavy (non-hydrogen) atoms. The molecule has 1 N–H and O–H groups in total. The van der Waals surface area contributed by atoms with Crippen molar-refractivity contribution in [3.63, 3.8) is 0 Å². The molecule has 0 radical (unpaired) electrons. The number of aryl methyl sites for hydroxylation is 1. The summed E-state index contributed by atoms with van der Waals surface area (Å²) in [4.78, 5) is -0.0666. The lowest BCUT2D eigenvalue weighted by Crippen LogP contribution is -1.96. The van der Waals surface area contributed by atoms with Crippen LogP contribution in [0.1, 0.15) is 5.56 Å². The van der Waals surface area contributed by atoms with E-state index in [4.69, 9.17) is 4.55 Å². The van der Waals surface area contributed by atoms with Gasteiger partial charge < -0.3 is 0 Å². The highest BCUT2D eigenvalue weighted by Gasteiger charge is 2.06. The van der Waals surface area contributed by atoms with Crippen molar-refractivity contribution >= 4 is 47.3 Å². The van der Waals surface area contributed by atoms with Crippen LogP contribution in [0.3, 0.4) is 0 Å². The summed E-state index contributed by atoms with van der Waals surface area (Å²) in [5.74, 6) is 0. The van der Waals surface area contributed by atoms with Crippen LogP contribution in [-0.2, 0) is 10.1 Å². The summed E-state index contributed by atoms with van der Waals surface area (Å²) in [6.45, 7) is 1.84. The maximum absolute atomic E-state index is 10.5. The van der Waals surface area contributed by atoms with Crippen LogP contribution in [0.25, 0.3) is 0 Å². The molecule has 0 fully saturated rings. The molecule has 0 unspecified atom stereocenters. The average Bonchev–Trinajstić information content (AvgIpc) is 1.86. The van der Waals surface area contributed by atoms with Crippen molar-refractivity contribution in [2.75, 3.05) is 0 Å². The molecule has 0 heterocycles. The molecule has 0 aliphatic carbocycles. The summed E-state index contributed by atoms with van der Waals surface area (Å²) < 4.78 is 29.6. The Labute approximate surface area is 102 Å². The van der Waals surface area contributed by atoms with Crippen molar-refractivity contribution in [1.82, 2.24) is 0 Å². The molecular formula is C7H11Cl3O3S. The maximum Gasteiger partial charge on any atom is 0.294 e. The lowest BCUT2D eigenvalue weighted by atomic mass is 10.2. The second kappa shape index (κ2) is 7.31. The van der Waals surface area contributed by atoms with E-state index in [1.165, 1.54) is 12.1 Å². The zero-order valence-electron chi connectivity index (χ0n) is 7.21. The second-order valence-corrected chi connectivity index (χ2v) is 3.71. The molecule has 3 nitrogen and oxygen atoms in total. The smallest absolute Gasteiger partial charge is 0.282 e. The molecule has 0 aromatic heterocycles. The van der Waals surface area contributed by atoms with Gasteiger partial charge in [0.05, 0.1) is 4.90 Å². The van der Waals surface area contributed by atoms with Gasteiger partial charge in [0.1, 0.15) is 0 Å². The first-order valence-electron chi connectivity index (χ1n) is 3.04. The molecule has 0 aliphatic heterocycles. The SMILES string of the molecule is Cc1ccc(S(=O)(=O)O)cc1.Cl.Cl.Cl. The highest BCUT2D eigenvalue weighted by molar-refractivity contribution is 7.85. The van der Waals surface area contributed by atoms with Crippen molar-refractivity contribution in [3.05, 3.63) is 29.8 Å². The summed E-state index contributed by atoms with van der Waals surface area (Å²) in [6.07, 6.45) is 0. The maximum atomic E-state index is 10.5. The van der Waals surface area contributed by atoms with E-state index in [0.717, 1.165) is 5.56 Å². The van der Waals surface area contributed by atoms with E-state index in [0.29, 0.717) is 0 Å². The molecule has 0 bridgehead atoms. The largest absolute Gasteiger partial charge is 0.294 e. The van der Waals surface area contributed by atoms with Crippen LogP contribution >= 0.6 is 37.2 Å². The van der Waals surface area contributed by atoms with Crippen LogP contribution in [0.15, 0.2) is 29.2 Å². The number of hydrogen-bond donors (Lipinski definition) is 1.